The Balaban J connectivity index is 1.15. The van der Waals surface area contributed by atoms with Crippen LogP contribution in [0.2, 0.25) is 0 Å². The standard InChI is InChI=1S/C51H42N4O/c1-48(2)32-9-7-10-33-45(32)53-46-34(48)13-16-38-42(46)51-43-40(17-12-31-30-8-5-6-11-36(30)52(38)44(31)43)56-41-22-29(50-23-26-18-27(24-50)20-28(19-26)25-50)21-39(54(41)51)37-15-14-35(49(33,3)4)47(53)55(37)51/h5-17,21-22,26-28H,18-20,23-25H2,1-4H3/q+2. The van der Waals surface area contributed by atoms with Gasteiger partial charge in [-0.3, -0.25) is 0 Å². The first-order valence-electron chi connectivity index (χ1n) is 21.3. The molecular weight excluding hydrogens is 685 g/mol. The SMILES string of the molecule is CC1(C)c2cccc3c2N2c4c1ccc1c4C45c6c(ccc7c8ccccc8n-1c67)Oc1cc(C67CC8CC(CC(C8)C6)C7)cc([n+]14)-c1ccc(c2[n+]15)C3(C)C. The molecule has 4 fully saturated rings. The molecule has 0 N–H and O–H groups in total. The molecule has 10 aliphatic rings. The van der Waals surface area contributed by atoms with Crippen LogP contribution in [0, 0.1) is 17.8 Å². The molecule has 4 bridgehead atoms. The van der Waals surface area contributed by atoms with Crippen molar-refractivity contribution in [1.82, 2.24) is 4.57 Å². The highest BCUT2D eigenvalue weighted by atomic mass is 16.5. The fourth-order valence-corrected chi connectivity index (χ4v) is 15.5. The normalized spacial score (nSPS) is 29.0. The van der Waals surface area contributed by atoms with Crippen LogP contribution in [0.5, 0.6) is 11.6 Å². The Hall–Kier alpha value is -5.42. The van der Waals surface area contributed by atoms with Crippen molar-refractivity contribution in [2.75, 3.05) is 4.90 Å². The number of pyridine rings is 2. The third-order valence-corrected chi connectivity index (χ3v) is 17.2. The van der Waals surface area contributed by atoms with Gasteiger partial charge < -0.3 is 9.30 Å². The van der Waals surface area contributed by atoms with Gasteiger partial charge in [0.25, 0.3) is 11.5 Å². The van der Waals surface area contributed by atoms with E-state index in [2.05, 4.69) is 137 Å². The quantitative estimate of drug-likeness (QED) is 0.157. The number of rotatable bonds is 1. The highest BCUT2D eigenvalue weighted by Gasteiger charge is 2.75. The summed E-state index contributed by atoms with van der Waals surface area (Å²) in [6.45, 7) is 9.86. The second-order valence-electron chi connectivity index (χ2n) is 20.4. The van der Waals surface area contributed by atoms with Gasteiger partial charge >= 0.3 is 11.5 Å². The number of benzene rings is 4. The van der Waals surface area contributed by atoms with E-state index in [4.69, 9.17) is 4.74 Å². The number of fused-ring (bicyclic) bond motifs is 5. The predicted octanol–water partition coefficient (Wildman–Crippen LogP) is 10.6. The van der Waals surface area contributed by atoms with E-state index in [0.717, 1.165) is 29.4 Å². The molecule has 1 unspecified atom stereocenters. The summed E-state index contributed by atoms with van der Waals surface area (Å²) < 4.78 is 15.5. The predicted molar refractivity (Wildman–Crippen MR) is 217 cm³/mol. The first kappa shape index (κ1) is 28.9. The summed E-state index contributed by atoms with van der Waals surface area (Å²) in [4.78, 5) is 2.73. The van der Waals surface area contributed by atoms with Crippen molar-refractivity contribution in [3.05, 3.63) is 130 Å². The number of ether oxygens (including phenoxy) is 1. The van der Waals surface area contributed by atoms with E-state index in [1.54, 1.807) is 0 Å². The summed E-state index contributed by atoms with van der Waals surface area (Å²) in [5.74, 6) is 5.95. The summed E-state index contributed by atoms with van der Waals surface area (Å²) >= 11 is 0. The average molecular weight is 727 g/mol. The molecule has 56 heavy (non-hydrogen) atoms. The van der Waals surface area contributed by atoms with Gasteiger partial charge in [0, 0.05) is 44.4 Å². The van der Waals surface area contributed by atoms with Crippen molar-refractivity contribution in [1.29, 1.82) is 0 Å². The summed E-state index contributed by atoms with van der Waals surface area (Å²) in [7, 11) is 0. The molecule has 4 aliphatic carbocycles. The van der Waals surface area contributed by atoms with Gasteiger partial charge in [-0.05, 0) is 104 Å². The fourth-order valence-electron chi connectivity index (χ4n) is 15.5. The molecule has 4 aromatic carbocycles. The molecule has 3 aromatic heterocycles. The molecule has 5 heteroatoms. The summed E-state index contributed by atoms with van der Waals surface area (Å²) in [5, 5.41) is 2.59. The minimum Gasteiger partial charge on any atom is -0.404 e. The van der Waals surface area contributed by atoms with Crippen LogP contribution >= 0.6 is 0 Å². The molecule has 6 aliphatic heterocycles. The highest BCUT2D eigenvalue weighted by Crippen LogP contribution is 2.68. The Bertz CT molecular complexity index is 3130. The van der Waals surface area contributed by atoms with Crippen molar-refractivity contribution >= 4 is 39.0 Å². The second-order valence-corrected chi connectivity index (χ2v) is 20.4. The zero-order valence-electron chi connectivity index (χ0n) is 32.3. The maximum atomic E-state index is 7.44. The number of hydrogen-bond acceptors (Lipinski definition) is 2. The summed E-state index contributed by atoms with van der Waals surface area (Å²) in [6, 6.07) is 36.0. The molecule has 270 valence electrons. The zero-order valence-corrected chi connectivity index (χ0v) is 32.3. The van der Waals surface area contributed by atoms with Crippen molar-refractivity contribution in [2.24, 2.45) is 17.8 Å². The largest absolute Gasteiger partial charge is 0.404 e. The fraction of sp³-hybridized carbons (Fsp3) is 0.333. The van der Waals surface area contributed by atoms with Crippen LogP contribution in [0.15, 0.2) is 91.0 Å². The van der Waals surface area contributed by atoms with Crippen molar-refractivity contribution < 1.29 is 13.9 Å². The molecule has 7 aromatic rings. The van der Waals surface area contributed by atoms with E-state index in [1.165, 1.54) is 134 Å². The van der Waals surface area contributed by atoms with Crippen LogP contribution in [0.3, 0.4) is 0 Å². The average Bonchev–Trinajstić information content (AvgIpc) is 3.68. The molecule has 4 saturated carbocycles. The number of anilines is 3. The monoisotopic (exact) mass is 726 g/mol. The van der Waals surface area contributed by atoms with Gasteiger partial charge in [-0.2, -0.15) is 4.90 Å². The highest BCUT2D eigenvalue weighted by molar-refractivity contribution is 6.13. The van der Waals surface area contributed by atoms with Crippen LogP contribution in [0.25, 0.3) is 38.9 Å². The minimum atomic E-state index is -0.657. The molecule has 1 atom stereocenters. The molecule has 1 spiro atoms. The number of para-hydroxylation sites is 2. The van der Waals surface area contributed by atoms with E-state index in [-0.39, 0.29) is 16.2 Å². The second kappa shape index (κ2) is 8.32. The Kier molecular flexibility index (Phi) is 4.30. The van der Waals surface area contributed by atoms with Gasteiger partial charge in [0.15, 0.2) is 11.4 Å². The summed E-state index contributed by atoms with van der Waals surface area (Å²) in [5.41, 5.74) is 18.2. The Morgan fingerprint density at radius 2 is 1.34 bits per heavy atom. The third kappa shape index (κ3) is 2.65. The first-order valence-corrected chi connectivity index (χ1v) is 21.3. The van der Waals surface area contributed by atoms with Crippen LogP contribution in [-0.2, 0) is 21.9 Å². The van der Waals surface area contributed by atoms with E-state index in [0.29, 0.717) is 0 Å². The number of nitrogens with zero attached hydrogens (tertiary/aromatic N) is 4. The molecule has 0 saturated heterocycles. The van der Waals surface area contributed by atoms with Crippen LogP contribution in [-0.4, -0.2) is 4.57 Å². The third-order valence-electron chi connectivity index (χ3n) is 17.2. The van der Waals surface area contributed by atoms with Crippen molar-refractivity contribution in [2.45, 2.75) is 88.1 Å². The minimum absolute atomic E-state index is 0.200. The van der Waals surface area contributed by atoms with E-state index in [9.17, 15) is 0 Å². The Labute approximate surface area is 325 Å². The smallest absolute Gasteiger partial charge is 0.378 e. The summed E-state index contributed by atoms with van der Waals surface area (Å²) in [6.07, 6.45) is 8.34. The lowest BCUT2D eigenvalue weighted by Crippen LogP contribution is -2.76. The van der Waals surface area contributed by atoms with Crippen LogP contribution < -0.4 is 18.8 Å². The topological polar surface area (TPSA) is 25.2 Å². The molecule has 0 amide bonds. The zero-order chi connectivity index (χ0) is 36.6. The lowest BCUT2D eigenvalue weighted by atomic mass is 9.48. The molecular formula is C51H42N4O+2. The molecule has 17 rings (SSSR count). The van der Waals surface area contributed by atoms with Gasteiger partial charge in [0.2, 0.25) is 5.69 Å². The van der Waals surface area contributed by atoms with Crippen molar-refractivity contribution in [3.8, 4) is 28.7 Å². The first-order chi connectivity index (χ1) is 27.2. The van der Waals surface area contributed by atoms with Crippen LogP contribution in [0.4, 0.5) is 17.2 Å². The molecule has 5 nitrogen and oxygen atoms in total. The lowest BCUT2D eigenvalue weighted by molar-refractivity contribution is -0.936. The molecule has 0 radical (unpaired) electrons. The van der Waals surface area contributed by atoms with E-state index < -0.39 is 5.66 Å². The lowest BCUT2D eigenvalue weighted by Gasteiger charge is -2.57. The number of hydrogen-bond donors (Lipinski definition) is 0. The van der Waals surface area contributed by atoms with Gasteiger partial charge in [0.1, 0.15) is 16.8 Å². The van der Waals surface area contributed by atoms with Crippen molar-refractivity contribution in [3.63, 3.8) is 0 Å². The van der Waals surface area contributed by atoms with Gasteiger partial charge in [-0.25, -0.2) is 0 Å². The number of aromatic nitrogens is 3. The van der Waals surface area contributed by atoms with E-state index >= 15 is 0 Å². The Morgan fingerprint density at radius 1 is 0.625 bits per heavy atom. The van der Waals surface area contributed by atoms with Gasteiger partial charge in [-0.15, -0.1) is 9.13 Å². The maximum absolute atomic E-state index is 7.44. The van der Waals surface area contributed by atoms with Crippen LogP contribution in [0.1, 0.15) is 105 Å². The van der Waals surface area contributed by atoms with Gasteiger partial charge in [-0.1, -0.05) is 70.2 Å². The Morgan fingerprint density at radius 3 is 2.12 bits per heavy atom. The van der Waals surface area contributed by atoms with Gasteiger partial charge in [0.05, 0.1) is 28.4 Å². The molecule has 9 heterocycles. The maximum Gasteiger partial charge on any atom is 0.378 e. The van der Waals surface area contributed by atoms with E-state index in [1.807, 2.05) is 0 Å².